The van der Waals surface area contributed by atoms with Gasteiger partial charge in [-0.1, -0.05) is 28.1 Å². The third kappa shape index (κ3) is 3.91. The number of nitrogens with zero attached hydrogens (tertiary/aromatic N) is 1. The van der Waals surface area contributed by atoms with Crippen LogP contribution in [0.5, 0.6) is 5.75 Å². The van der Waals surface area contributed by atoms with Gasteiger partial charge in [-0.05, 0) is 42.3 Å². The van der Waals surface area contributed by atoms with Crippen molar-refractivity contribution in [2.75, 3.05) is 6.61 Å². The summed E-state index contributed by atoms with van der Waals surface area (Å²) >= 11 is 3.35. The molecule has 0 aliphatic rings. The van der Waals surface area contributed by atoms with E-state index in [0.29, 0.717) is 12.0 Å². The third-order valence-corrected chi connectivity index (χ3v) is 3.17. The second-order valence-electron chi connectivity index (χ2n) is 4.10. The fourth-order valence-corrected chi connectivity index (χ4v) is 2.03. The predicted octanol–water partition coefficient (Wildman–Crippen LogP) is 3.44. The molecule has 0 bridgehead atoms. The smallest absolute Gasteiger partial charge is 0.124 e. The minimum atomic E-state index is 0.147. The zero-order valence-corrected chi connectivity index (χ0v) is 11.8. The van der Waals surface area contributed by atoms with Gasteiger partial charge in [-0.3, -0.25) is 4.99 Å². The monoisotopic (exact) mass is 319 g/mol. The number of rotatable bonds is 4. The maximum absolute atomic E-state index is 9.69. The van der Waals surface area contributed by atoms with Crippen molar-refractivity contribution in [1.29, 1.82) is 0 Å². The Morgan fingerprint density at radius 1 is 1.11 bits per heavy atom. The molecule has 0 saturated carbocycles. The molecule has 0 heterocycles. The van der Waals surface area contributed by atoms with E-state index in [9.17, 15) is 5.11 Å². The molecule has 3 nitrogen and oxygen atoms in total. The zero-order chi connectivity index (χ0) is 13.7. The van der Waals surface area contributed by atoms with Gasteiger partial charge >= 0.3 is 0 Å². The summed E-state index contributed by atoms with van der Waals surface area (Å²) in [6, 6.07) is 12.8. The van der Waals surface area contributed by atoms with E-state index in [4.69, 9.17) is 5.11 Å². The number of aromatic hydroxyl groups is 1. The molecule has 0 unspecified atom stereocenters. The molecule has 2 rings (SSSR count). The number of phenols is 1. The SMILES string of the molecule is OCCc1ccc(N=Cc2cc(Br)ccc2O)cc1. The summed E-state index contributed by atoms with van der Waals surface area (Å²) < 4.78 is 0.894. The highest BCUT2D eigenvalue weighted by atomic mass is 79.9. The number of phenolic OH excluding ortho intramolecular Hbond substituents is 1. The average Bonchev–Trinajstić information content (AvgIpc) is 2.42. The van der Waals surface area contributed by atoms with E-state index in [1.807, 2.05) is 24.3 Å². The Kier molecular flexibility index (Phi) is 4.71. The van der Waals surface area contributed by atoms with Crippen molar-refractivity contribution in [1.82, 2.24) is 0 Å². The standard InChI is InChI=1S/C15H14BrNO2/c16-13-3-6-15(19)12(9-13)10-17-14-4-1-11(2-5-14)7-8-18/h1-6,9-10,18-19H,7-8H2. The van der Waals surface area contributed by atoms with E-state index in [1.165, 1.54) is 0 Å². The van der Waals surface area contributed by atoms with Gasteiger partial charge in [-0.2, -0.15) is 0 Å². The summed E-state index contributed by atoms with van der Waals surface area (Å²) in [4.78, 5) is 4.31. The van der Waals surface area contributed by atoms with Crippen molar-refractivity contribution >= 4 is 27.8 Å². The van der Waals surface area contributed by atoms with Gasteiger partial charge in [0.05, 0.1) is 5.69 Å². The minimum Gasteiger partial charge on any atom is -0.507 e. The fourth-order valence-electron chi connectivity index (χ4n) is 1.65. The number of hydrogen-bond acceptors (Lipinski definition) is 3. The predicted molar refractivity (Wildman–Crippen MR) is 80.3 cm³/mol. The zero-order valence-electron chi connectivity index (χ0n) is 10.3. The Morgan fingerprint density at radius 2 is 1.84 bits per heavy atom. The van der Waals surface area contributed by atoms with E-state index in [2.05, 4.69) is 20.9 Å². The molecule has 0 radical (unpaired) electrons. The molecule has 0 fully saturated rings. The Hall–Kier alpha value is -1.65. The van der Waals surface area contributed by atoms with Crippen LogP contribution in [0, 0.1) is 0 Å². The summed E-state index contributed by atoms with van der Waals surface area (Å²) in [5.74, 6) is 0.198. The average molecular weight is 320 g/mol. The number of aliphatic hydroxyl groups is 1. The lowest BCUT2D eigenvalue weighted by Crippen LogP contribution is -1.88. The second kappa shape index (κ2) is 6.50. The van der Waals surface area contributed by atoms with Gasteiger partial charge in [0.2, 0.25) is 0 Å². The lowest BCUT2D eigenvalue weighted by atomic mass is 10.1. The summed E-state index contributed by atoms with van der Waals surface area (Å²) in [7, 11) is 0. The molecular weight excluding hydrogens is 306 g/mol. The van der Waals surface area contributed by atoms with Crippen LogP contribution in [0.4, 0.5) is 5.69 Å². The number of halogens is 1. The second-order valence-corrected chi connectivity index (χ2v) is 5.02. The molecule has 0 aliphatic carbocycles. The van der Waals surface area contributed by atoms with Gasteiger partial charge in [0.25, 0.3) is 0 Å². The van der Waals surface area contributed by atoms with Crippen molar-refractivity contribution in [3.05, 3.63) is 58.1 Å². The van der Waals surface area contributed by atoms with Gasteiger partial charge in [-0.25, -0.2) is 0 Å². The van der Waals surface area contributed by atoms with Crippen molar-refractivity contribution in [3.8, 4) is 5.75 Å². The van der Waals surface area contributed by atoms with Gasteiger partial charge < -0.3 is 10.2 Å². The van der Waals surface area contributed by atoms with Crippen LogP contribution in [-0.2, 0) is 6.42 Å². The first-order valence-electron chi connectivity index (χ1n) is 5.91. The number of aliphatic hydroxyl groups excluding tert-OH is 1. The maximum atomic E-state index is 9.69. The van der Waals surface area contributed by atoms with Gasteiger partial charge in [-0.15, -0.1) is 0 Å². The lowest BCUT2D eigenvalue weighted by molar-refractivity contribution is 0.299. The van der Waals surface area contributed by atoms with E-state index in [1.54, 1.807) is 24.4 Å². The highest BCUT2D eigenvalue weighted by Crippen LogP contribution is 2.21. The largest absolute Gasteiger partial charge is 0.507 e. The molecule has 2 aromatic carbocycles. The van der Waals surface area contributed by atoms with Crippen LogP contribution >= 0.6 is 15.9 Å². The first kappa shape index (κ1) is 13.8. The van der Waals surface area contributed by atoms with Crippen LogP contribution in [0.1, 0.15) is 11.1 Å². The number of hydrogen-bond donors (Lipinski definition) is 2. The molecule has 0 saturated heterocycles. The number of aliphatic imine (C=N–C) groups is 1. The third-order valence-electron chi connectivity index (χ3n) is 2.68. The Morgan fingerprint density at radius 3 is 2.53 bits per heavy atom. The molecule has 0 amide bonds. The normalized spacial score (nSPS) is 11.1. The molecule has 19 heavy (non-hydrogen) atoms. The van der Waals surface area contributed by atoms with Crippen LogP contribution in [-0.4, -0.2) is 23.0 Å². The van der Waals surface area contributed by atoms with E-state index >= 15 is 0 Å². The first-order valence-corrected chi connectivity index (χ1v) is 6.71. The highest BCUT2D eigenvalue weighted by molar-refractivity contribution is 9.10. The summed E-state index contributed by atoms with van der Waals surface area (Å²) in [6.07, 6.45) is 2.28. The summed E-state index contributed by atoms with van der Waals surface area (Å²) in [5.41, 5.74) is 2.54. The van der Waals surface area contributed by atoms with E-state index in [0.717, 1.165) is 15.7 Å². The molecule has 0 aromatic heterocycles. The van der Waals surface area contributed by atoms with Crippen LogP contribution in [0.15, 0.2) is 51.9 Å². The highest BCUT2D eigenvalue weighted by Gasteiger charge is 1.99. The topological polar surface area (TPSA) is 52.8 Å². The fraction of sp³-hybridized carbons (Fsp3) is 0.133. The van der Waals surface area contributed by atoms with Gasteiger partial charge in [0.15, 0.2) is 0 Å². The van der Waals surface area contributed by atoms with Gasteiger partial charge in [0, 0.05) is 22.9 Å². The Bertz CT molecular complexity index is 579. The van der Waals surface area contributed by atoms with Crippen LogP contribution in [0.2, 0.25) is 0 Å². The Labute approximate surface area is 120 Å². The first-order chi connectivity index (χ1) is 9.19. The molecule has 4 heteroatoms. The van der Waals surface area contributed by atoms with Crippen LogP contribution in [0.25, 0.3) is 0 Å². The minimum absolute atomic E-state index is 0.147. The summed E-state index contributed by atoms with van der Waals surface area (Å²) in [6.45, 7) is 0.147. The molecule has 0 atom stereocenters. The molecule has 0 aliphatic heterocycles. The van der Waals surface area contributed by atoms with Gasteiger partial charge in [0.1, 0.15) is 5.75 Å². The Balaban J connectivity index is 2.15. The molecule has 2 N–H and O–H groups in total. The van der Waals surface area contributed by atoms with Crippen molar-refractivity contribution < 1.29 is 10.2 Å². The quantitative estimate of drug-likeness (QED) is 0.848. The molecule has 2 aromatic rings. The molecule has 98 valence electrons. The van der Waals surface area contributed by atoms with Crippen molar-refractivity contribution in [3.63, 3.8) is 0 Å². The lowest BCUT2D eigenvalue weighted by Gasteiger charge is -2.00. The summed E-state index contributed by atoms with van der Waals surface area (Å²) in [5, 5.41) is 18.5. The van der Waals surface area contributed by atoms with E-state index < -0.39 is 0 Å². The molecule has 0 spiro atoms. The van der Waals surface area contributed by atoms with Crippen LogP contribution < -0.4 is 0 Å². The van der Waals surface area contributed by atoms with Crippen molar-refractivity contribution in [2.24, 2.45) is 4.99 Å². The molecular formula is C15H14BrNO2. The number of benzene rings is 2. The van der Waals surface area contributed by atoms with Crippen LogP contribution in [0.3, 0.4) is 0 Å². The maximum Gasteiger partial charge on any atom is 0.124 e. The van der Waals surface area contributed by atoms with Crippen molar-refractivity contribution in [2.45, 2.75) is 6.42 Å². The van der Waals surface area contributed by atoms with E-state index in [-0.39, 0.29) is 12.4 Å².